The van der Waals surface area contributed by atoms with Gasteiger partial charge in [-0.15, -0.1) is 0 Å². The standard InChI is InChI=1S/C30H32N2O6/c1-3-34-29(33)14-8-7-12-26(24-10-5-4-6-11-24)32-37-20-23-15-17-25(18-16-23)36-21-27-22(2)38-30(31-27)28-13-9-19-35-28/h4-6,9-11,13,15-19H,3,7-8,12,14,20-21H2,1-2H3/b32-26+. The van der Waals surface area contributed by atoms with Gasteiger partial charge in [0.25, 0.3) is 5.89 Å². The number of rotatable bonds is 14. The summed E-state index contributed by atoms with van der Waals surface area (Å²) in [6, 6.07) is 21.2. The minimum atomic E-state index is -0.163. The number of oxime groups is 1. The second-order valence-corrected chi connectivity index (χ2v) is 8.62. The first-order valence-electron chi connectivity index (χ1n) is 12.7. The van der Waals surface area contributed by atoms with E-state index in [1.54, 1.807) is 18.4 Å². The van der Waals surface area contributed by atoms with Crippen LogP contribution in [0.15, 0.2) is 87.0 Å². The summed E-state index contributed by atoms with van der Waals surface area (Å²) in [6.07, 6.45) is 4.25. The zero-order chi connectivity index (χ0) is 26.6. The number of furan rings is 1. The second-order valence-electron chi connectivity index (χ2n) is 8.62. The van der Waals surface area contributed by atoms with Crippen molar-refractivity contribution in [2.24, 2.45) is 5.16 Å². The Balaban J connectivity index is 1.28. The van der Waals surface area contributed by atoms with Crippen LogP contribution in [0, 0.1) is 6.92 Å². The van der Waals surface area contributed by atoms with Gasteiger partial charge in [0, 0.05) is 6.42 Å². The number of carbonyl (C=O) groups is 1. The van der Waals surface area contributed by atoms with Gasteiger partial charge < -0.3 is 23.1 Å². The van der Waals surface area contributed by atoms with Crippen molar-refractivity contribution in [3.05, 3.63) is 95.6 Å². The van der Waals surface area contributed by atoms with Crippen molar-refractivity contribution in [1.29, 1.82) is 0 Å². The molecule has 0 radical (unpaired) electrons. The molecule has 0 aliphatic heterocycles. The summed E-state index contributed by atoms with van der Waals surface area (Å²) in [4.78, 5) is 21.8. The normalized spacial score (nSPS) is 11.4. The molecule has 0 saturated heterocycles. The lowest BCUT2D eigenvalue weighted by Crippen LogP contribution is -2.05. The largest absolute Gasteiger partial charge is 0.487 e. The van der Waals surface area contributed by atoms with Crippen molar-refractivity contribution in [3.63, 3.8) is 0 Å². The highest BCUT2D eigenvalue weighted by molar-refractivity contribution is 6.00. The molecular formula is C30H32N2O6. The summed E-state index contributed by atoms with van der Waals surface area (Å²) in [5.74, 6) is 2.26. The van der Waals surface area contributed by atoms with Crippen LogP contribution in [0.2, 0.25) is 0 Å². The third-order valence-electron chi connectivity index (χ3n) is 5.79. The summed E-state index contributed by atoms with van der Waals surface area (Å²) < 4.78 is 21.9. The van der Waals surface area contributed by atoms with Crippen LogP contribution < -0.4 is 4.74 Å². The number of hydrogen-bond acceptors (Lipinski definition) is 8. The van der Waals surface area contributed by atoms with Crippen molar-refractivity contribution < 1.29 is 27.9 Å². The van der Waals surface area contributed by atoms with Gasteiger partial charge in [0.05, 0.1) is 18.6 Å². The molecule has 0 amide bonds. The number of carbonyl (C=O) groups excluding carboxylic acids is 1. The molecule has 0 bridgehead atoms. The highest BCUT2D eigenvalue weighted by atomic mass is 16.6. The predicted octanol–water partition coefficient (Wildman–Crippen LogP) is 6.87. The molecule has 0 aliphatic carbocycles. The topological polar surface area (TPSA) is 96.3 Å². The molecule has 0 unspecified atom stereocenters. The zero-order valence-corrected chi connectivity index (χ0v) is 21.7. The lowest BCUT2D eigenvalue weighted by atomic mass is 10.0. The van der Waals surface area contributed by atoms with Gasteiger partial charge in [-0.2, -0.15) is 0 Å². The molecular weight excluding hydrogens is 484 g/mol. The number of esters is 1. The van der Waals surface area contributed by atoms with Gasteiger partial charge in [-0.1, -0.05) is 47.6 Å². The van der Waals surface area contributed by atoms with Crippen molar-refractivity contribution in [1.82, 2.24) is 4.98 Å². The maximum absolute atomic E-state index is 11.6. The molecule has 2 aromatic carbocycles. The van der Waals surface area contributed by atoms with E-state index >= 15 is 0 Å². The van der Waals surface area contributed by atoms with E-state index in [9.17, 15) is 4.79 Å². The number of oxazole rings is 1. The van der Waals surface area contributed by atoms with Gasteiger partial charge in [-0.05, 0) is 68.5 Å². The summed E-state index contributed by atoms with van der Waals surface area (Å²) in [6.45, 7) is 4.68. The first-order valence-corrected chi connectivity index (χ1v) is 12.7. The Kier molecular flexibility index (Phi) is 9.73. The summed E-state index contributed by atoms with van der Waals surface area (Å²) >= 11 is 0. The van der Waals surface area contributed by atoms with Crippen molar-refractivity contribution >= 4 is 11.7 Å². The maximum Gasteiger partial charge on any atom is 0.305 e. The molecule has 0 spiro atoms. The Bertz CT molecular complexity index is 1290. The van der Waals surface area contributed by atoms with Crippen LogP contribution in [0.4, 0.5) is 0 Å². The number of nitrogens with zero attached hydrogens (tertiary/aromatic N) is 2. The summed E-state index contributed by atoms with van der Waals surface area (Å²) in [7, 11) is 0. The Morgan fingerprint density at radius 1 is 0.947 bits per heavy atom. The van der Waals surface area contributed by atoms with E-state index in [1.807, 2.05) is 68.4 Å². The average molecular weight is 517 g/mol. The quantitative estimate of drug-likeness (QED) is 0.0781. The minimum absolute atomic E-state index is 0.163. The first kappa shape index (κ1) is 26.7. The first-order chi connectivity index (χ1) is 18.6. The summed E-state index contributed by atoms with van der Waals surface area (Å²) in [5.41, 5.74) is 3.54. The SMILES string of the molecule is CCOC(=O)CCCC/C(=N\OCc1ccc(OCc2nc(-c3ccco3)oc2C)cc1)c1ccccc1. The van der Waals surface area contributed by atoms with Crippen molar-refractivity contribution in [2.45, 2.75) is 52.7 Å². The second kappa shape index (κ2) is 13.8. The van der Waals surface area contributed by atoms with E-state index in [1.165, 1.54) is 0 Å². The predicted molar refractivity (Wildman–Crippen MR) is 143 cm³/mol. The molecule has 38 heavy (non-hydrogen) atoms. The van der Waals surface area contributed by atoms with Gasteiger partial charge >= 0.3 is 5.97 Å². The molecule has 0 N–H and O–H groups in total. The highest BCUT2D eigenvalue weighted by Gasteiger charge is 2.14. The third-order valence-corrected chi connectivity index (χ3v) is 5.79. The minimum Gasteiger partial charge on any atom is -0.487 e. The number of hydrogen-bond donors (Lipinski definition) is 0. The number of unbranched alkanes of at least 4 members (excludes halogenated alkanes) is 1. The van der Waals surface area contributed by atoms with E-state index in [-0.39, 0.29) is 12.6 Å². The molecule has 0 saturated carbocycles. The van der Waals surface area contributed by atoms with Crippen LogP contribution in [-0.2, 0) is 27.6 Å². The number of ether oxygens (including phenoxy) is 2. The molecule has 4 aromatic rings. The fourth-order valence-corrected chi connectivity index (χ4v) is 3.75. The molecule has 8 heteroatoms. The van der Waals surface area contributed by atoms with Crippen LogP contribution in [0.5, 0.6) is 5.75 Å². The molecule has 198 valence electrons. The van der Waals surface area contributed by atoms with Crippen molar-refractivity contribution in [2.75, 3.05) is 6.61 Å². The highest BCUT2D eigenvalue weighted by Crippen LogP contribution is 2.23. The average Bonchev–Trinajstić information content (AvgIpc) is 3.60. The molecule has 2 heterocycles. The lowest BCUT2D eigenvalue weighted by Gasteiger charge is -2.08. The number of aryl methyl sites for hydroxylation is 1. The van der Waals surface area contributed by atoms with Crippen LogP contribution in [0.3, 0.4) is 0 Å². The molecule has 4 rings (SSSR count). The Morgan fingerprint density at radius 3 is 2.47 bits per heavy atom. The van der Waals surface area contributed by atoms with Crippen LogP contribution in [0.25, 0.3) is 11.7 Å². The van der Waals surface area contributed by atoms with E-state index in [4.69, 9.17) is 23.1 Å². The number of benzene rings is 2. The smallest absolute Gasteiger partial charge is 0.305 e. The molecule has 0 aliphatic rings. The Hall–Kier alpha value is -4.33. The van der Waals surface area contributed by atoms with Crippen LogP contribution in [0.1, 0.15) is 55.2 Å². The van der Waals surface area contributed by atoms with Gasteiger partial charge in [0.15, 0.2) is 5.76 Å². The molecule has 2 aromatic heterocycles. The van der Waals surface area contributed by atoms with E-state index in [0.717, 1.165) is 29.7 Å². The van der Waals surface area contributed by atoms with Gasteiger partial charge in [0.1, 0.15) is 30.4 Å². The lowest BCUT2D eigenvalue weighted by molar-refractivity contribution is -0.143. The third kappa shape index (κ3) is 7.83. The fourth-order valence-electron chi connectivity index (χ4n) is 3.75. The van der Waals surface area contributed by atoms with Crippen LogP contribution >= 0.6 is 0 Å². The van der Waals surface area contributed by atoms with Crippen molar-refractivity contribution in [3.8, 4) is 17.4 Å². The fraction of sp³-hybridized carbons (Fsp3) is 0.300. The van der Waals surface area contributed by atoms with E-state index < -0.39 is 0 Å². The Labute approximate surface area is 222 Å². The zero-order valence-electron chi connectivity index (χ0n) is 21.7. The van der Waals surface area contributed by atoms with Gasteiger partial charge in [-0.3, -0.25) is 4.79 Å². The monoisotopic (exact) mass is 516 g/mol. The molecule has 0 fully saturated rings. The van der Waals surface area contributed by atoms with E-state index in [2.05, 4.69) is 10.1 Å². The van der Waals surface area contributed by atoms with Gasteiger partial charge in [-0.25, -0.2) is 4.98 Å². The number of aromatic nitrogens is 1. The Morgan fingerprint density at radius 2 is 1.74 bits per heavy atom. The maximum atomic E-state index is 11.6. The van der Waals surface area contributed by atoms with E-state index in [0.29, 0.717) is 54.9 Å². The van der Waals surface area contributed by atoms with Gasteiger partial charge in [0.2, 0.25) is 0 Å². The molecule has 8 nitrogen and oxygen atoms in total. The molecule has 0 atom stereocenters. The summed E-state index contributed by atoms with van der Waals surface area (Å²) in [5, 5.41) is 4.42. The van der Waals surface area contributed by atoms with Crippen LogP contribution in [-0.4, -0.2) is 23.3 Å².